The van der Waals surface area contributed by atoms with Gasteiger partial charge >= 0.3 is 0 Å². The number of rotatable bonds is 9. The molecule has 1 aliphatic carbocycles. The lowest BCUT2D eigenvalue weighted by atomic mass is 9.82. The summed E-state index contributed by atoms with van der Waals surface area (Å²) in [5.74, 6) is 0. The van der Waals surface area contributed by atoms with Crippen molar-refractivity contribution in [2.24, 2.45) is 0 Å². The zero-order valence-electron chi connectivity index (χ0n) is 41.0. The van der Waals surface area contributed by atoms with Crippen LogP contribution in [0.5, 0.6) is 0 Å². The summed E-state index contributed by atoms with van der Waals surface area (Å²) in [6.07, 6.45) is 0. The average molecular weight is 984 g/mol. The Morgan fingerprint density at radius 1 is 0.338 bits per heavy atom. The second-order valence-corrected chi connectivity index (χ2v) is 21.9. The lowest BCUT2D eigenvalue weighted by molar-refractivity contribution is 0.643. The molecule has 0 radical (unpaired) electrons. The quantitative estimate of drug-likeness (QED) is 0.143. The minimum atomic E-state index is -0.169. The molecule has 0 amide bonds. The maximum atomic E-state index is 2.50. The molecule has 0 fully saturated rings. The van der Waals surface area contributed by atoms with Gasteiger partial charge in [0.2, 0.25) is 0 Å². The molecule has 2 aliphatic rings. The van der Waals surface area contributed by atoms with Crippen LogP contribution in [0.25, 0.3) is 60.9 Å². The van der Waals surface area contributed by atoms with Crippen LogP contribution in [0.1, 0.15) is 25.0 Å². The van der Waals surface area contributed by atoms with E-state index in [1.165, 1.54) is 80.3 Å². The first-order valence-electron chi connectivity index (χ1n) is 25.3. The normalized spacial score (nSPS) is 13.0. The molecule has 74 heavy (non-hydrogen) atoms. The summed E-state index contributed by atoms with van der Waals surface area (Å²) < 4.78 is 2.47. The number of hydrogen-bond acceptors (Lipinski definition) is 4. The van der Waals surface area contributed by atoms with Gasteiger partial charge in [0.1, 0.15) is 0 Å². The fourth-order valence-electron chi connectivity index (χ4n) is 11.4. The van der Waals surface area contributed by atoms with Crippen LogP contribution < -0.4 is 9.80 Å². The molecule has 0 saturated carbocycles. The number of benzene rings is 11. The molecule has 1 aliphatic heterocycles. The van der Waals surface area contributed by atoms with Crippen molar-refractivity contribution in [2.75, 3.05) is 9.80 Å². The molecule has 5 heteroatoms. The molecule has 2 heterocycles. The molecule has 3 nitrogen and oxygen atoms in total. The molecule has 0 atom stereocenters. The predicted molar refractivity (Wildman–Crippen MR) is 313 cm³/mol. The van der Waals surface area contributed by atoms with Gasteiger partial charge in [-0.3, -0.25) is 0 Å². The van der Waals surface area contributed by atoms with E-state index in [0.717, 1.165) is 45.4 Å². The first kappa shape index (κ1) is 44.2. The van der Waals surface area contributed by atoms with Crippen LogP contribution in [0, 0.1) is 0 Å². The molecule has 11 aromatic carbocycles. The molecule has 0 bridgehead atoms. The Labute approximate surface area is 441 Å². The van der Waals surface area contributed by atoms with Crippen molar-refractivity contribution < 1.29 is 0 Å². The number of anilines is 6. The van der Waals surface area contributed by atoms with E-state index in [2.05, 4.69) is 289 Å². The maximum Gasteiger partial charge on any atom is 0.0544 e. The third-order valence-corrected chi connectivity index (χ3v) is 17.6. The Balaban J connectivity index is 0.804. The van der Waals surface area contributed by atoms with Crippen LogP contribution in [-0.2, 0) is 5.41 Å². The van der Waals surface area contributed by atoms with Crippen molar-refractivity contribution in [1.82, 2.24) is 4.57 Å². The van der Waals surface area contributed by atoms with Gasteiger partial charge in [-0.25, -0.2) is 0 Å². The highest BCUT2D eigenvalue weighted by Gasteiger charge is 2.40. The number of fused-ring (bicyclic) bond motifs is 9. The van der Waals surface area contributed by atoms with Crippen LogP contribution in [-0.4, -0.2) is 4.57 Å². The molecular weight excluding hydrogens is 935 g/mol. The van der Waals surface area contributed by atoms with Gasteiger partial charge in [-0.05, 0) is 166 Å². The zero-order chi connectivity index (χ0) is 49.3. The first-order valence-corrected chi connectivity index (χ1v) is 26.9. The smallest absolute Gasteiger partial charge is 0.0544 e. The summed E-state index contributed by atoms with van der Waals surface area (Å²) in [4.78, 5) is 10.1. The zero-order valence-corrected chi connectivity index (χ0v) is 42.6. The van der Waals surface area contributed by atoms with E-state index in [4.69, 9.17) is 0 Å². The molecule has 0 unspecified atom stereocenters. The van der Waals surface area contributed by atoms with Gasteiger partial charge in [0.25, 0.3) is 0 Å². The molecule has 14 rings (SSSR count). The first-order chi connectivity index (χ1) is 36.4. The van der Waals surface area contributed by atoms with E-state index in [-0.39, 0.29) is 5.41 Å². The van der Waals surface area contributed by atoms with Crippen molar-refractivity contribution in [3.8, 4) is 39.1 Å². The Morgan fingerprint density at radius 2 is 0.784 bits per heavy atom. The van der Waals surface area contributed by atoms with E-state index in [9.17, 15) is 0 Å². The number of nitrogens with zero attached hydrogens (tertiary/aromatic N) is 3. The Bertz CT molecular complexity index is 4020. The van der Waals surface area contributed by atoms with E-state index in [1.807, 2.05) is 23.5 Å². The third-order valence-electron chi connectivity index (χ3n) is 15.0. The van der Waals surface area contributed by atoms with E-state index in [1.54, 1.807) is 0 Å². The van der Waals surface area contributed by atoms with Gasteiger partial charge in [0, 0.05) is 75.6 Å². The van der Waals surface area contributed by atoms with Gasteiger partial charge in [-0.15, -0.1) is 0 Å². The highest BCUT2D eigenvalue weighted by molar-refractivity contribution is 8.05. The monoisotopic (exact) mass is 983 g/mol. The van der Waals surface area contributed by atoms with Crippen molar-refractivity contribution >= 4 is 79.5 Å². The van der Waals surface area contributed by atoms with Gasteiger partial charge in [0.05, 0.1) is 11.0 Å². The third kappa shape index (κ3) is 7.45. The molecular formula is C69H49N3S2. The molecule has 12 aromatic rings. The topological polar surface area (TPSA) is 11.4 Å². The second-order valence-electron chi connectivity index (χ2n) is 19.7. The summed E-state index contributed by atoms with van der Waals surface area (Å²) in [6, 6.07) is 95.2. The van der Waals surface area contributed by atoms with E-state index >= 15 is 0 Å². The standard InChI is InChI=1S/C69H49N3S2/c1-69(2)61-45-63-60(44-59(61)58-42-43-66-68(67(58)69)74-65-25-15-14-24-64(65)73-66)57-22-12-13-23-62(57)72(63)56-36-30-49(31-37-56)48-28-34-53(35-29-48)71(52-32-26-47(27-33-52)46-16-6-3-7-17-46)55-40-38-54(39-41-55)70(50-18-8-4-9-19-50)51-20-10-5-11-21-51/h3-45H,1-2H3. The van der Waals surface area contributed by atoms with Gasteiger partial charge < -0.3 is 14.4 Å². The van der Waals surface area contributed by atoms with Crippen LogP contribution in [0.3, 0.4) is 0 Å². The maximum absolute atomic E-state index is 2.50. The Kier molecular flexibility index (Phi) is 10.7. The SMILES string of the molecule is CC1(C)c2cc3c(cc2-c2ccc4c(c21)Sc1ccccc1S4)c1ccccc1n3-c1ccc(-c2ccc(N(c3ccc(-c4ccccc4)cc3)c3ccc(N(c4ccccc4)c4ccccc4)cc3)cc2)cc1. The number of hydrogen-bond donors (Lipinski definition) is 0. The Morgan fingerprint density at radius 3 is 1.35 bits per heavy atom. The van der Waals surface area contributed by atoms with E-state index in [0.29, 0.717) is 0 Å². The van der Waals surface area contributed by atoms with Crippen molar-refractivity contribution in [2.45, 2.75) is 38.8 Å². The molecule has 352 valence electrons. The van der Waals surface area contributed by atoms with E-state index < -0.39 is 0 Å². The molecule has 0 N–H and O–H groups in total. The fraction of sp³-hybridized carbons (Fsp3) is 0.0435. The molecule has 1 aromatic heterocycles. The summed E-state index contributed by atoms with van der Waals surface area (Å²) in [6.45, 7) is 4.84. The summed E-state index contributed by atoms with van der Waals surface area (Å²) in [7, 11) is 0. The Hall–Kier alpha value is -8.48. The van der Waals surface area contributed by atoms with Gasteiger partial charge in [-0.2, -0.15) is 0 Å². The lowest BCUT2D eigenvalue weighted by Gasteiger charge is -2.28. The van der Waals surface area contributed by atoms with Gasteiger partial charge in [-0.1, -0.05) is 177 Å². The summed E-state index contributed by atoms with van der Waals surface area (Å²) in [5, 5.41) is 2.55. The van der Waals surface area contributed by atoms with Crippen LogP contribution in [0.2, 0.25) is 0 Å². The number of para-hydroxylation sites is 3. The predicted octanol–water partition coefficient (Wildman–Crippen LogP) is 20.0. The fourth-order valence-corrected chi connectivity index (χ4v) is 14.0. The average Bonchev–Trinajstić information content (AvgIpc) is 3.94. The van der Waals surface area contributed by atoms with Crippen molar-refractivity contribution in [3.63, 3.8) is 0 Å². The largest absolute Gasteiger partial charge is 0.311 e. The summed E-state index contributed by atoms with van der Waals surface area (Å²) >= 11 is 3.84. The van der Waals surface area contributed by atoms with Crippen molar-refractivity contribution in [1.29, 1.82) is 0 Å². The minimum Gasteiger partial charge on any atom is -0.311 e. The van der Waals surface area contributed by atoms with Crippen LogP contribution in [0.4, 0.5) is 34.1 Å². The van der Waals surface area contributed by atoms with Gasteiger partial charge in [0.15, 0.2) is 0 Å². The summed E-state index contributed by atoms with van der Waals surface area (Å²) in [5.41, 5.74) is 20.3. The van der Waals surface area contributed by atoms with Crippen LogP contribution in [0.15, 0.2) is 280 Å². The minimum absolute atomic E-state index is 0.169. The molecule has 0 spiro atoms. The highest BCUT2D eigenvalue weighted by Crippen LogP contribution is 2.59. The lowest BCUT2D eigenvalue weighted by Crippen LogP contribution is -2.17. The molecule has 0 saturated heterocycles. The number of aromatic nitrogens is 1. The second kappa shape index (κ2) is 17.9. The van der Waals surface area contributed by atoms with Crippen molar-refractivity contribution in [3.05, 3.63) is 272 Å². The van der Waals surface area contributed by atoms with Crippen LogP contribution >= 0.6 is 23.5 Å². The highest BCUT2D eigenvalue weighted by atomic mass is 32.2.